The lowest BCUT2D eigenvalue weighted by molar-refractivity contribution is -0.122. The lowest BCUT2D eigenvalue weighted by atomic mass is 10.2. The van der Waals surface area contributed by atoms with Crippen LogP contribution < -0.4 is 10.1 Å². The van der Waals surface area contributed by atoms with Crippen molar-refractivity contribution < 1.29 is 18.7 Å². The molecule has 1 saturated heterocycles. The Balaban J connectivity index is 1.34. The summed E-state index contributed by atoms with van der Waals surface area (Å²) in [5.41, 5.74) is 1.27. The third-order valence-corrected chi connectivity index (χ3v) is 4.39. The molecule has 0 aromatic heterocycles. The van der Waals surface area contributed by atoms with Gasteiger partial charge in [-0.15, -0.1) is 0 Å². The highest BCUT2D eigenvalue weighted by molar-refractivity contribution is 5.76. The van der Waals surface area contributed by atoms with Gasteiger partial charge < -0.3 is 14.8 Å². The Morgan fingerprint density at radius 2 is 2.07 bits per heavy atom. The van der Waals surface area contributed by atoms with Gasteiger partial charge in [-0.1, -0.05) is 36.4 Å². The summed E-state index contributed by atoms with van der Waals surface area (Å²) in [6.07, 6.45) is 0.201. The highest BCUT2D eigenvalue weighted by atomic mass is 19.1. The molecule has 1 fully saturated rings. The number of carbonyl (C=O) groups excluding carboxylic acids is 1. The minimum Gasteiger partial charge on any atom is -0.493 e. The molecular formula is C21H25FN2O3. The maximum absolute atomic E-state index is 13.1. The second-order valence-electron chi connectivity index (χ2n) is 6.57. The number of nitrogens with one attached hydrogen (secondary N) is 1. The van der Waals surface area contributed by atoms with Gasteiger partial charge >= 0.3 is 0 Å². The number of hydrogen-bond donors (Lipinski definition) is 1. The van der Waals surface area contributed by atoms with E-state index >= 15 is 0 Å². The summed E-state index contributed by atoms with van der Waals surface area (Å²) in [6, 6.07) is 16.2. The smallest absolute Gasteiger partial charge is 0.223 e. The fourth-order valence-electron chi connectivity index (χ4n) is 3.02. The molecule has 0 aliphatic carbocycles. The number of morpholine rings is 1. The summed E-state index contributed by atoms with van der Waals surface area (Å²) < 4.78 is 24.2. The molecule has 3 rings (SSSR count). The van der Waals surface area contributed by atoms with E-state index in [0.717, 1.165) is 19.6 Å². The Morgan fingerprint density at radius 1 is 1.22 bits per heavy atom. The SMILES string of the molecule is O=C(CCOc1cccc(F)c1)NCC1CN(Cc2ccccc2)CCO1. The van der Waals surface area contributed by atoms with Crippen LogP contribution in [0.4, 0.5) is 4.39 Å². The summed E-state index contributed by atoms with van der Waals surface area (Å²) in [5, 5.41) is 2.89. The molecule has 6 heteroatoms. The molecule has 0 spiro atoms. The number of amides is 1. The molecule has 1 atom stereocenters. The Bertz CT molecular complexity index is 726. The van der Waals surface area contributed by atoms with Gasteiger partial charge in [0, 0.05) is 32.2 Å². The zero-order valence-corrected chi connectivity index (χ0v) is 15.3. The summed E-state index contributed by atoms with van der Waals surface area (Å²) in [5.74, 6) is -0.0309. The van der Waals surface area contributed by atoms with E-state index in [-0.39, 0.29) is 30.9 Å². The third-order valence-electron chi connectivity index (χ3n) is 4.39. The van der Waals surface area contributed by atoms with Crippen LogP contribution in [-0.2, 0) is 16.1 Å². The van der Waals surface area contributed by atoms with Crippen molar-refractivity contribution in [1.29, 1.82) is 0 Å². The van der Waals surface area contributed by atoms with E-state index in [1.165, 1.54) is 17.7 Å². The fraction of sp³-hybridized carbons (Fsp3) is 0.381. The van der Waals surface area contributed by atoms with Crippen LogP contribution in [0.15, 0.2) is 54.6 Å². The van der Waals surface area contributed by atoms with E-state index in [0.29, 0.717) is 18.9 Å². The lowest BCUT2D eigenvalue weighted by Gasteiger charge is -2.33. The summed E-state index contributed by atoms with van der Waals surface area (Å²) in [7, 11) is 0. The van der Waals surface area contributed by atoms with Gasteiger partial charge in [0.1, 0.15) is 11.6 Å². The predicted molar refractivity (Wildman–Crippen MR) is 101 cm³/mol. The van der Waals surface area contributed by atoms with E-state index in [9.17, 15) is 9.18 Å². The first-order chi connectivity index (χ1) is 13.2. The van der Waals surface area contributed by atoms with Crippen molar-refractivity contribution in [2.75, 3.05) is 32.8 Å². The Labute approximate surface area is 159 Å². The normalized spacial score (nSPS) is 17.4. The highest BCUT2D eigenvalue weighted by Crippen LogP contribution is 2.12. The molecular weight excluding hydrogens is 347 g/mol. The van der Waals surface area contributed by atoms with E-state index in [1.807, 2.05) is 18.2 Å². The highest BCUT2D eigenvalue weighted by Gasteiger charge is 2.21. The third kappa shape index (κ3) is 6.66. The largest absolute Gasteiger partial charge is 0.493 e. The summed E-state index contributed by atoms with van der Waals surface area (Å²) >= 11 is 0. The van der Waals surface area contributed by atoms with Crippen molar-refractivity contribution in [3.63, 3.8) is 0 Å². The molecule has 144 valence electrons. The van der Waals surface area contributed by atoms with E-state index in [2.05, 4.69) is 22.3 Å². The molecule has 0 bridgehead atoms. The Morgan fingerprint density at radius 3 is 2.89 bits per heavy atom. The van der Waals surface area contributed by atoms with Crippen LogP contribution in [0.25, 0.3) is 0 Å². The van der Waals surface area contributed by atoms with Gasteiger partial charge in [0.05, 0.1) is 25.7 Å². The van der Waals surface area contributed by atoms with Crippen molar-refractivity contribution in [3.8, 4) is 5.75 Å². The summed E-state index contributed by atoms with van der Waals surface area (Å²) in [4.78, 5) is 14.3. The van der Waals surface area contributed by atoms with Crippen LogP contribution >= 0.6 is 0 Å². The zero-order chi connectivity index (χ0) is 18.9. The minimum absolute atomic E-state index is 0.0180. The molecule has 5 nitrogen and oxygen atoms in total. The van der Waals surface area contributed by atoms with Gasteiger partial charge in [-0.3, -0.25) is 9.69 Å². The molecule has 2 aromatic rings. The average molecular weight is 372 g/mol. The van der Waals surface area contributed by atoms with Crippen molar-refractivity contribution in [1.82, 2.24) is 10.2 Å². The zero-order valence-electron chi connectivity index (χ0n) is 15.3. The standard InChI is InChI=1S/C21H25FN2O3/c22-18-7-4-8-19(13-18)26-11-9-21(25)23-14-20-16-24(10-12-27-20)15-17-5-2-1-3-6-17/h1-8,13,20H,9-12,14-16H2,(H,23,25). The molecule has 1 N–H and O–H groups in total. The Hall–Kier alpha value is -2.44. The minimum atomic E-state index is -0.355. The molecule has 0 radical (unpaired) electrons. The topological polar surface area (TPSA) is 50.8 Å². The molecule has 1 amide bonds. The number of hydrogen-bond acceptors (Lipinski definition) is 4. The van der Waals surface area contributed by atoms with Crippen LogP contribution in [0, 0.1) is 5.82 Å². The van der Waals surface area contributed by atoms with Gasteiger partial charge in [0.2, 0.25) is 5.91 Å². The maximum Gasteiger partial charge on any atom is 0.223 e. The molecule has 1 heterocycles. The molecule has 1 unspecified atom stereocenters. The monoisotopic (exact) mass is 372 g/mol. The van der Waals surface area contributed by atoms with Crippen LogP contribution in [-0.4, -0.2) is 49.8 Å². The van der Waals surface area contributed by atoms with Crippen molar-refractivity contribution in [3.05, 3.63) is 66.0 Å². The molecule has 0 saturated carbocycles. The van der Waals surface area contributed by atoms with Crippen LogP contribution in [0.1, 0.15) is 12.0 Å². The number of ether oxygens (including phenoxy) is 2. The fourth-order valence-corrected chi connectivity index (χ4v) is 3.02. The second-order valence-corrected chi connectivity index (χ2v) is 6.57. The van der Waals surface area contributed by atoms with Crippen molar-refractivity contribution >= 4 is 5.91 Å². The number of benzene rings is 2. The van der Waals surface area contributed by atoms with E-state index in [4.69, 9.17) is 9.47 Å². The van der Waals surface area contributed by atoms with Gasteiger partial charge in [-0.25, -0.2) is 4.39 Å². The lowest BCUT2D eigenvalue weighted by Crippen LogP contribution is -2.47. The molecule has 1 aliphatic rings. The first-order valence-electron chi connectivity index (χ1n) is 9.22. The molecule has 1 aliphatic heterocycles. The number of rotatable bonds is 8. The summed E-state index contributed by atoms with van der Waals surface area (Å²) in [6.45, 7) is 3.91. The maximum atomic E-state index is 13.1. The van der Waals surface area contributed by atoms with Gasteiger partial charge in [-0.2, -0.15) is 0 Å². The van der Waals surface area contributed by atoms with Crippen LogP contribution in [0.2, 0.25) is 0 Å². The first kappa shape index (κ1) is 19.3. The molecule has 27 heavy (non-hydrogen) atoms. The van der Waals surface area contributed by atoms with E-state index in [1.54, 1.807) is 12.1 Å². The quantitative estimate of drug-likeness (QED) is 0.774. The van der Waals surface area contributed by atoms with Crippen molar-refractivity contribution in [2.24, 2.45) is 0 Å². The van der Waals surface area contributed by atoms with E-state index < -0.39 is 0 Å². The van der Waals surface area contributed by atoms with Crippen LogP contribution in [0.5, 0.6) is 5.75 Å². The average Bonchev–Trinajstić information content (AvgIpc) is 2.68. The van der Waals surface area contributed by atoms with Crippen molar-refractivity contribution in [2.45, 2.75) is 19.1 Å². The Kier molecular flexibility index (Phi) is 7.19. The van der Waals surface area contributed by atoms with Gasteiger partial charge in [0.15, 0.2) is 0 Å². The number of halogens is 1. The number of nitrogens with zero attached hydrogens (tertiary/aromatic N) is 1. The van der Waals surface area contributed by atoms with Crippen LogP contribution in [0.3, 0.4) is 0 Å². The van der Waals surface area contributed by atoms with Gasteiger partial charge in [-0.05, 0) is 17.7 Å². The number of carbonyl (C=O) groups is 1. The predicted octanol–water partition coefficient (Wildman–Crippen LogP) is 2.61. The van der Waals surface area contributed by atoms with Gasteiger partial charge in [0.25, 0.3) is 0 Å². The molecule has 2 aromatic carbocycles. The first-order valence-corrected chi connectivity index (χ1v) is 9.22. The second kappa shape index (κ2) is 10.0.